The van der Waals surface area contributed by atoms with Gasteiger partial charge < -0.3 is 10.6 Å². The molecule has 6 heteroatoms. The summed E-state index contributed by atoms with van der Waals surface area (Å²) in [6, 6.07) is 10.6. The standard InChI is InChI=1S/C14H11Cl2FN2O/c15-9-4-5-12(16)13(6-9)18-8-14(20)19-11-3-1-2-10(17)7-11/h1-7,18H,8H2,(H,19,20). The monoisotopic (exact) mass is 312 g/mol. The summed E-state index contributed by atoms with van der Waals surface area (Å²) in [7, 11) is 0. The van der Waals surface area contributed by atoms with Crippen LogP contribution in [0.1, 0.15) is 0 Å². The molecule has 2 rings (SSSR count). The van der Waals surface area contributed by atoms with Gasteiger partial charge in [-0.25, -0.2) is 4.39 Å². The largest absolute Gasteiger partial charge is 0.375 e. The summed E-state index contributed by atoms with van der Waals surface area (Å²) >= 11 is 11.8. The average molecular weight is 313 g/mol. The topological polar surface area (TPSA) is 41.1 Å². The SMILES string of the molecule is O=C(CNc1cc(Cl)ccc1Cl)Nc1cccc(F)c1. The van der Waals surface area contributed by atoms with Crippen molar-refractivity contribution < 1.29 is 9.18 Å². The van der Waals surface area contributed by atoms with E-state index < -0.39 is 5.82 Å². The number of hydrogen-bond donors (Lipinski definition) is 2. The van der Waals surface area contributed by atoms with Crippen molar-refractivity contribution in [3.05, 3.63) is 58.3 Å². The van der Waals surface area contributed by atoms with Gasteiger partial charge in [-0.2, -0.15) is 0 Å². The fourth-order valence-corrected chi connectivity index (χ4v) is 1.94. The molecule has 0 saturated carbocycles. The molecule has 20 heavy (non-hydrogen) atoms. The van der Waals surface area contributed by atoms with Crippen LogP contribution in [-0.2, 0) is 4.79 Å². The zero-order valence-corrected chi connectivity index (χ0v) is 11.8. The first-order valence-corrected chi connectivity index (χ1v) is 6.54. The summed E-state index contributed by atoms with van der Waals surface area (Å²) in [5.41, 5.74) is 0.961. The van der Waals surface area contributed by atoms with Crippen LogP contribution in [0.5, 0.6) is 0 Å². The zero-order valence-electron chi connectivity index (χ0n) is 10.3. The maximum atomic E-state index is 13.0. The van der Waals surface area contributed by atoms with Crippen molar-refractivity contribution in [1.29, 1.82) is 0 Å². The molecule has 2 N–H and O–H groups in total. The summed E-state index contributed by atoms with van der Waals surface area (Å²) in [5.74, 6) is -0.722. The molecule has 0 heterocycles. The van der Waals surface area contributed by atoms with Crippen LogP contribution >= 0.6 is 23.2 Å². The Kier molecular flexibility index (Phi) is 4.82. The lowest BCUT2D eigenvalue weighted by molar-refractivity contribution is -0.114. The molecule has 0 fully saturated rings. The van der Waals surface area contributed by atoms with Gasteiger partial charge >= 0.3 is 0 Å². The smallest absolute Gasteiger partial charge is 0.243 e. The Bertz CT molecular complexity index is 634. The summed E-state index contributed by atoms with van der Waals surface area (Å²) in [5, 5.41) is 6.42. The van der Waals surface area contributed by atoms with Crippen molar-refractivity contribution in [1.82, 2.24) is 0 Å². The number of hydrogen-bond acceptors (Lipinski definition) is 2. The quantitative estimate of drug-likeness (QED) is 0.889. The average Bonchev–Trinajstić information content (AvgIpc) is 2.40. The maximum Gasteiger partial charge on any atom is 0.243 e. The molecule has 0 aliphatic rings. The molecule has 2 aromatic carbocycles. The van der Waals surface area contributed by atoms with E-state index in [0.29, 0.717) is 21.4 Å². The van der Waals surface area contributed by atoms with Crippen LogP contribution in [0.15, 0.2) is 42.5 Å². The van der Waals surface area contributed by atoms with Gasteiger partial charge in [0.1, 0.15) is 5.82 Å². The van der Waals surface area contributed by atoms with Gasteiger partial charge in [-0.3, -0.25) is 4.79 Å². The van der Waals surface area contributed by atoms with Crippen LogP contribution in [0, 0.1) is 5.82 Å². The molecule has 2 aromatic rings. The fourth-order valence-electron chi connectivity index (χ4n) is 1.58. The normalized spacial score (nSPS) is 10.2. The third-order valence-corrected chi connectivity index (χ3v) is 3.04. The van der Waals surface area contributed by atoms with Crippen LogP contribution in [0.25, 0.3) is 0 Å². The summed E-state index contributed by atoms with van der Waals surface area (Å²) < 4.78 is 13.0. The van der Waals surface area contributed by atoms with Gasteiger partial charge in [-0.05, 0) is 36.4 Å². The number of anilines is 2. The molecule has 1 amide bonds. The Hall–Kier alpha value is -1.78. The van der Waals surface area contributed by atoms with Gasteiger partial charge in [-0.1, -0.05) is 29.3 Å². The third kappa shape index (κ3) is 4.11. The van der Waals surface area contributed by atoms with E-state index in [9.17, 15) is 9.18 Å². The Morgan fingerprint density at radius 2 is 1.95 bits per heavy atom. The highest BCUT2D eigenvalue weighted by Gasteiger charge is 2.05. The van der Waals surface area contributed by atoms with Crippen molar-refractivity contribution in [3.63, 3.8) is 0 Å². The van der Waals surface area contributed by atoms with Crippen LogP contribution in [0.4, 0.5) is 15.8 Å². The molecule has 3 nitrogen and oxygen atoms in total. The molecule has 0 atom stereocenters. The second-order valence-electron chi connectivity index (χ2n) is 4.04. The molecule has 0 aliphatic carbocycles. The number of rotatable bonds is 4. The molecule has 0 saturated heterocycles. The van der Waals surface area contributed by atoms with Crippen LogP contribution in [-0.4, -0.2) is 12.5 Å². The lowest BCUT2D eigenvalue weighted by Crippen LogP contribution is -2.21. The summed E-state index contributed by atoms with van der Waals surface area (Å²) in [4.78, 5) is 11.7. The zero-order chi connectivity index (χ0) is 14.5. The van der Waals surface area contributed by atoms with Crippen molar-refractivity contribution in [3.8, 4) is 0 Å². The number of benzene rings is 2. The molecule has 0 radical (unpaired) electrons. The highest BCUT2D eigenvalue weighted by molar-refractivity contribution is 6.35. The molecule has 0 aliphatic heterocycles. The highest BCUT2D eigenvalue weighted by Crippen LogP contribution is 2.25. The molecular weight excluding hydrogens is 302 g/mol. The summed E-state index contributed by atoms with van der Waals surface area (Å²) in [6.07, 6.45) is 0. The van der Waals surface area contributed by atoms with Gasteiger partial charge in [0.25, 0.3) is 0 Å². The fraction of sp³-hybridized carbons (Fsp3) is 0.0714. The Morgan fingerprint density at radius 1 is 1.15 bits per heavy atom. The first-order chi connectivity index (χ1) is 9.54. The minimum absolute atomic E-state index is 0.00340. The van der Waals surface area contributed by atoms with Crippen LogP contribution < -0.4 is 10.6 Å². The second-order valence-corrected chi connectivity index (χ2v) is 4.88. The highest BCUT2D eigenvalue weighted by atomic mass is 35.5. The van der Waals surface area contributed by atoms with Crippen molar-refractivity contribution in [2.24, 2.45) is 0 Å². The number of nitrogens with one attached hydrogen (secondary N) is 2. The van der Waals surface area contributed by atoms with Crippen molar-refractivity contribution in [2.75, 3.05) is 17.2 Å². The lowest BCUT2D eigenvalue weighted by atomic mass is 10.3. The van der Waals surface area contributed by atoms with Crippen LogP contribution in [0.2, 0.25) is 10.0 Å². The van der Waals surface area contributed by atoms with E-state index in [1.807, 2.05) is 0 Å². The Balaban J connectivity index is 1.94. The van der Waals surface area contributed by atoms with Gasteiger partial charge in [0.05, 0.1) is 17.3 Å². The lowest BCUT2D eigenvalue weighted by Gasteiger charge is -2.09. The molecular formula is C14H11Cl2FN2O. The molecule has 0 bridgehead atoms. The van der Waals surface area contributed by atoms with Gasteiger partial charge in [-0.15, -0.1) is 0 Å². The van der Waals surface area contributed by atoms with Gasteiger partial charge in [0.2, 0.25) is 5.91 Å². The second kappa shape index (κ2) is 6.59. The predicted octanol–water partition coefficient (Wildman–Crippen LogP) is 4.18. The van der Waals surface area contributed by atoms with Gasteiger partial charge in [0.15, 0.2) is 0 Å². The van der Waals surface area contributed by atoms with Crippen molar-refractivity contribution >= 4 is 40.5 Å². The van der Waals surface area contributed by atoms with Crippen molar-refractivity contribution in [2.45, 2.75) is 0 Å². The maximum absolute atomic E-state index is 13.0. The van der Waals surface area contributed by atoms with Crippen LogP contribution in [0.3, 0.4) is 0 Å². The molecule has 0 unspecified atom stereocenters. The first-order valence-electron chi connectivity index (χ1n) is 5.79. The minimum atomic E-state index is -0.409. The molecule has 104 valence electrons. The number of amides is 1. The van der Waals surface area contributed by atoms with E-state index in [1.165, 1.54) is 18.2 Å². The number of carbonyl (C=O) groups is 1. The van der Waals surface area contributed by atoms with E-state index in [2.05, 4.69) is 10.6 Å². The predicted molar refractivity (Wildman–Crippen MR) is 80.0 cm³/mol. The first kappa shape index (κ1) is 14.6. The third-order valence-electron chi connectivity index (χ3n) is 2.48. The summed E-state index contributed by atoms with van der Waals surface area (Å²) in [6.45, 7) is -0.00340. The van der Waals surface area contributed by atoms with E-state index in [0.717, 1.165) is 0 Å². The number of halogens is 3. The molecule has 0 aromatic heterocycles. The van der Waals surface area contributed by atoms with E-state index in [1.54, 1.807) is 24.3 Å². The van der Waals surface area contributed by atoms with E-state index in [-0.39, 0.29) is 12.5 Å². The van der Waals surface area contributed by atoms with Gasteiger partial charge in [0, 0.05) is 10.7 Å². The Labute approximate surface area is 125 Å². The van der Waals surface area contributed by atoms with E-state index >= 15 is 0 Å². The van der Waals surface area contributed by atoms with E-state index in [4.69, 9.17) is 23.2 Å². The minimum Gasteiger partial charge on any atom is -0.375 e. The molecule has 0 spiro atoms. The number of carbonyl (C=O) groups excluding carboxylic acids is 1. The Morgan fingerprint density at radius 3 is 2.70 bits per heavy atom.